The first-order valence-corrected chi connectivity index (χ1v) is 6.97. The van der Waals surface area contributed by atoms with Crippen LogP contribution in [0.5, 0.6) is 0 Å². The molecule has 0 amide bonds. The normalized spacial score (nSPS) is 19.4. The van der Waals surface area contributed by atoms with Crippen LogP contribution < -0.4 is 0 Å². The van der Waals surface area contributed by atoms with Gasteiger partial charge in [0.1, 0.15) is 11.6 Å². The maximum atomic E-state index is 13.9. The number of benzene rings is 2. The van der Waals surface area contributed by atoms with Crippen molar-refractivity contribution >= 4 is 0 Å². The van der Waals surface area contributed by atoms with E-state index in [0.717, 1.165) is 32.0 Å². The Kier molecular flexibility index (Phi) is 3.79. The smallest absolute Gasteiger partial charge is 0.130 e. The molecule has 0 aromatic heterocycles. The molecule has 2 aromatic carbocycles. The van der Waals surface area contributed by atoms with Crippen LogP contribution in [-0.2, 0) is 6.54 Å². The van der Waals surface area contributed by atoms with Gasteiger partial charge in [-0.3, -0.25) is 4.90 Å². The maximum absolute atomic E-state index is 13.9. The number of hydrogen-bond acceptors (Lipinski definition) is 1. The van der Waals surface area contributed by atoms with Crippen LogP contribution in [0.25, 0.3) is 0 Å². The molecule has 1 aliphatic heterocycles. The highest BCUT2D eigenvalue weighted by Crippen LogP contribution is 2.34. The Bertz CT molecular complexity index is 583. The fraction of sp³-hybridized carbons (Fsp3) is 0.294. The van der Waals surface area contributed by atoms with E-state index in [0.29, 0.717) is 5.56 Å². The molecule has 1 unspecified atom stereocenters. The molecule has 104 valence electrons. The van der Waals surface area contributed by atoms with E-state index in [4.69, 9.17) is 0 Å². The summed E-state index contributed by atoms with van der Waals surface area (Å²) < 4.78 is 27.0. The molecule has 0 bridgehead atoms. The van der Waals surface area contributed by atoms with Gasteiger partial charge in [-0.1, -0.05) is 36.4 Å². The number of likely N-dealkylation sites (tertiary alicyclic amines) is 1. The van der Waals surface area contributed by atoms with Crippen molar-refractivity contribution in [3.63, 3.8) is 0 Å². The van der Waals surface area contributed by atoms with Crippen LogP contribution in [0.1, 0.15) is 30.0 Å². The highest BCUT2D eigenvalue weighted by molar-refractivity contribution is 5.24. The van der Waals surface area contributed by atoms with Crippen molar-refractivity contribution in [1.29, 1.82) is 0 Å². The number of nitrogens with zero attached hydrogens (tertiary/aromatic N) is 1. The molecule has 1 nitrogen and oxygen atoms in total. The monoisotopic (exact) mass is 273 g/mol. The van der Waals surface area contributed by atoms with Gasteiger partial charge in [0.05, 0.1) is 0 Å². The first kappa shape index (κ1) is 13.3. The van der Waals surface area contributed by atoms with Crippen LogP contribution in [0.3, 0.4) is 0 Å². The number of hydrogen-bond donors (Lipinski definition) is 0. The molecule has 0 N–H and O–H groups in total. The molecule has 1 fully saturated rings. The molecule has 1 heterocycles. The van der Waals surface area contributed by atoms with Crippen molar-refractivity contribution in [2.45, 2.75) is 25.4 Å². The van der Waals surface area contributed by atoms with Gasteiger partial charge in [-0.05, 0) is 31.0 Å². The third kappa shape index (κ3) is 2.73. The summed E-state index contributed by atoms with van der Waals surface area (Å²) in [5.74, 6) is -0.950. The maximum Gasteiger partial charge on any atom is 0.130 e. The number of halogens is 2. The molecule has 0 aliphatic carbocycles. The Morgan fingerprint density at radius 3 is 2.60 bits per heavy atom. The average molecular weight is 273 g/mol. The van der Waals surface area contributed by atoms with Crippen LogP contribution in [0.15, 0.2) is 48.5 Å². The van der Waals surface area contributed by atoms with Crippen molar-refractivity contribution in [2.24, 2.45) is 0 Å². The Morgan fingerprint density at radius 1 is 1.05 bits per heavy atom. The summed E-state index contributed by atoms with van der Waals surface area (Å²) >= 11 is 0. The van der Waals surface area contributed by atoms with E-state index < -0.39 is 11.6 Å². The minimum Gasteiger partial charge on any atom is -0.292 e. The molecular weight excluding hydrogens is 256 g/mol. The molecule has 3 rings (SSSR count). The van der Waals surface area contributed by atoms with Gasteiger partial charge in [0.15, 0.2) is 0 Å². The summed E-state index contributed by atoms with van der Waals surface area (Å²) in [5, 5.41) is 0. The zero-order valence-electron chi connectivity index (χ0n) is 11.2. The van der Waals surface area contributed by atoms with Crippen LogP contribution >= 0.6 is 0 Å². The molecule has 2 aromatic rings. The molecule has 1 atom stereocenters. The van der Waals surface area contributed by atoms with Crippen LogP contribution in [0.2, 0.25) is 0 Å². The molecule has 1 saturated heterocycles. The van der Waals surface area contributed by atoms with Gasteiger partial charge in [0.2, 0.25) is 0 Å². The minimum atomic E-state index is -0.515. The van der Waals surface area contributed by atoms with E-state index in [1.165, 1.54) is 11.6 Å². The summed E-state index contributed by atoms with van der Waals surface area (Å²) in [6.45, 7) is 1.76. The standard InChI is InChI=1S/C17H17F2N/c18-14-8-9-15(16(19)11-14)17-7-4-10-20(17)12-13-5-2-1-3-6-13/h1-3,5-6,8-9,11,17H,4,7,10,12H2. The van der Waals surface area contributed by atoms with E-state index >= 15 is 0 Å². The Hall–Kier alpha value is -1.74. The summed E-state index contributed by atoms with van der Waals surface area (Å²) in [7, 11) is 0. The highest BCUT2D eigenvalue weighted by Gasteiger charge is 2.28. The zero-order valence-corrected chi connectivity index (χ0v) is 11.2. The van der Waals surface area contributed by atoms with Crippen molar-refractivity contribution in [2.75, 3.05) is 6.54 Å². The Morgan fingerprint density at radius 2 is 1.85 bits per heavy atom. The van der Waals surface area contributed by atoms with Gasteiger partial charge >= 0.3 is 0 Å². The summed E-state index contributed by atoms with van der Waals surface area (Å²) in [6.07, 6.45) is 1.98. The molecule has 0 radical (unpaired) electrons. The predicted octanol–water partition coefficient (Wildman–Crippen LogP) is 4.30. The third-order valence-corrected chi connectivity index (χ3v) is 3.91. The lowest BCUT2D eigenvalue weighted by molar-refractivity contribution is 0.243. The minimum absolute atomic E-state index is 0.0517. The Balaban J connectivity index is 1.82. The van der Waals surface area contributed by atoms with E-state index in [2.05, 4.69) is 17.0 Å². The molecule has 1 aliphatic rings. The third-order valence-electron chi connectivity index (χ3n) is 3.91. The van der Waals surface area contributed by atoms with Crippen molar-refractivity contribution in [3.05, 3.63) is 71.3 Å². The second-order valence-corrected chi connectivity index (χ2v) is 5.28. The second-order valence-electron chi connectivity index (χ2n) is 5.28. The molecule has 0 saturated carbocycles. The molecule has 0 spiro atoms. The quantitative estimate of drug-likeness (QED) is 0.805. The van der Waals surface area contributed by atoms with E-state index in [-0.39, 0.29) is 6.04 Å². The summed E-state index contributed by atoms with van der Waals surface area (Å²) in [4.78, 5) is 2.27. The van der Waals surface area contributed by atoms with Gasteiger partial charge < -0.3 is 0 Å². The molecular formula is C17H17F2N. The SMILES string of the molecule is Fc1ccc(C2CCCN2Cc2ccccc2)c(F)c1. The van der Waals surface area contributed by atoms with E-state index in [1.54, 1.807) is 6.07 Å². The van der Waals surface area contributed by atoms with Gasteiger partial charge in [0.25, 0.3) is 0 Å². The number of rotatable bonds is 3. The second kappa shape index (κ2) is 5.71. The predicted molar refractivity (Wildman–Crippen MR) is 75.2 cm³/mol. The zero-order chi connectivity index (χ0) is 13.9. The van der Waals surface area contributed by atoms with Crippen molar-refractivity contribution in [3.8, 4) is 0 Å². The fourth-order valence-corrected chi connectivity index (χ4v) is 2.96. The average Bonchev–Trinajstić information content (AvgIpc) is 2.88. The van der Waals surface area contributed by atoms with Crippen molar-refractivity contribution < 1.29 is 8.78 Å². The van der Waals surface area contributed by atoms with Crippen LogP contribution in [-0.4, -0.2) is 11.4 Å². The van der Waals surface area contributed by atoms with Gasteiger partial charge in [-0.2, -0.15) is 0 Å². The Labute approximate surface area is 117 Å². The molecule has 3 heteroatoms. The van der Waals surface area contributed by atoms with E-state index in [1.807, 2.05) is 18.2 Å². The van der Waals surface area contributed by atoms with Crippen molar-refractivity contribution in [1.82, 2.24) is 4.90 Å². The first-order chi connectivity index (χ1) is 9.74. The summed E-state index contributed by atoms with van der Waals surface area (Å²) in [5.41, 5.74) is 1.83. The summed E-state index contributed by atoms with van der Waals surface area (Å²) in [6, 6.07) is 14.1. The first-order valence-electron chi connectivity index (χ1n) is 6.97. The fourth-order valence-electron chi connectivity index (χ4n) is 2.96. The lowest BCUT2D eigenvalue weighted by atomic mass is 10.0. The molecule has 20 heavy (non-hydrogen) atoms. The van der Waals surface area contributed by atoms with Gasteiger partial charge in [0, 0.05) is 24.2 Å². The van der Waals surface area contributed by atoms with Crippen LogP contribution in [0.4, 0.5) is 8.78 Å². The topological polar surface area (TPSA) is 3.24 Å². The van der Waals surface area contributed by atoms with Gasteiger partial charge in [-0.15, -0.1) is 0 Å². The highest BCUT2D eigenvalue weighted by atomic mass is 19.1. The largest absolute Gasteiger partial charge is 0.292 e. The van der Waals surface area contributed by atoms with Gasteiger partial charge in [-0.25, -0.2) is 8.78 Å². The van der Waals surface area contributed by atoms with E-state index in [9.17, 15) is 8.78 Å². The lowest BCUT2D eigenvalue weighted by Gasteiger charge is -2.25. The lowest BCUT2D eigenvalue weighted by Crippen LogP contribution is -2.23. The van der Waals surface area contributed by atoms with Crippen LogP contribution in [0, 0.1) is 11.6 Å².